The lowest BCUT2D eigenvalue weighted by Gasteiger charge is -2.51. The molecule has 2 unspecified atom stereocenters. The van der Waals surface area contributed by atoms with Crippen molar-refractivity contribution in [3.05, 3.63) is 29.8 Å². The largest absolute Gasteiger partial charge is 0.381 e. The molecule has 1 aromatic rings. The molecule has 1 amide bonds. The van der Waals surface area contributed by atoms with Crippen molar-refractivity contribution in [2.45, 2.75) is 44.9 Å². The minimum Gasteiger partial charge on any atom is -0.381 e. The topological polar surface area (TPSA) is 50.4 Å². The van der Waals surface area contributed by atoms with Gasteiger partial charge in [-0.15, -0.1) is 0 Å². The molecule has 0 bridgehead atoms. The molecule has 4 heteroatoms. The van der Waals surface area contributed by atoms with E-state index in [1.807, 2.05) is 18.2 Å². The van der Waals surface area contributed by atoms with Crippen LogP contribution in [-0.2, 0) is 16.0 Å². The number of fused-ring (bicyclic) bond motifs is 1. The van der Waals surface area contributed by atoms with Crippen molar-refractivity contribution in [2.75, 3.05) is 12.4 Å². The molecule has 0 saturated heterocycles. The first-order chi connectivity index (χ1) is 9.52. The van der Waals surface area contributed by atoms with Crippen LogP contribution in [0.4, 0.5) is 5.69 Å². The fraction of sp³-hybridized carbons (Fsp3) is 0.562. The predicted octanol–water partition coefficient (Wildman–Crippen LogP) is 1.95. The molecule has 1 aliphatic carbocycles. The highest BCUT2D eigenvalue weighted by Gasteiger charge is 2.49. The van der Waals surface area contributed by atoms with Crippen LogP contribution in [0.5, 0.6) is 0 Å². The first kappa shape index (κ1) is 13.4. The first-order valence-corrected chi connectivity index (χ1v) is 7.20. The number of benzene rings is 1. The Morgan fingerprint density at radius 2 is 2.15 bits per heavy atom. The maximum Gasteiger partial charge on any atom is 0.243 e. The summed E-state index contributed by atoms with van der Waals surface area (Å²) in [5.41, 5.74) is 2.31. The minimum absolute atomic E-state index is 0.00979. The maximum atomic E-state index is 12.4. The molecule has 4 nitrogen and oxygen atoms in total. The van der Waals surface area contributed by atoms with E-state index in [0.29, 0.717) is 0 Å². The summed E-state index contributed by atoms with van der Waals surface area (Å²) < 4.78 is 5.42. The molecule has 20 heavy (non-hydrogen) atoms. The van der Waals surface area contributed by atoms with Crippen LogP contribution in [0, 0.1) is 5.41 Å². The fourth-order valence-electron chi connectivity index (χ4n) is 3.26. The Balaban J connectivity index is 1.60. The second-order valence-corrected chi connectivity index (χ2v) is 6.40. The van der Waals surface area contributed by atoms with Crippen LogP contribution in [0.3, 0.4) is 0 Å². The number of anilines is 1. The Bertz CT molecular complexity index is 502. The summed E-state index contributed by atoms with van der Waals surface area (Å²) in [5, 5.41) is 6.46. The number of methoxy groups -OCH3 is 1. The van der Waals surface area contributed by atoms with Crippen molar-refractivity contribution < 1.29 is 9.53 Å². The lowest BCUT2D eigenvalue weighted by molar-refractivity contribution is -0.133. The van der Waals surface area contributed by atoms with Gasteiger partial charge in [0, 0.05) is 30.7 Å². The van der Waals surface area contributed by atoms with Crippen LogP contribution in [0.15, 0.2) is 24.3 Å². The molecule has 0 radical (unpaired) electrons. The van der Waals surface area contributed by atoms with Gasteiger partial charge in [-0.1, -0.05) is 32.0 Å². The number of ether oxygens (including phenoxy) is 1. The third-order valence-electron chi connectivity index (χ3n) is 4.87. The number of nitrogens with one attached hydrogen (secondary N) is 2. The molecule has 0 aromatic heterocycles. The molecule has 1 fully saturated rings. The van der Waals surface area contributed by atoms with E-state index < -0.39 is 0 Å². The van der Waals surface area contributed by atoms with Crippen molar-refractivity contribution >= 4 is 11.6 Å². The fourth-order valence-corrected chi connectivity index (χ4v) is 3.26. The minimum atomic E-state index is -0.148. The molecule has 1 saturated carbocycles. The van der Waals surface area contributed by atoms with Gasteiger partial charge in [-0.05, 0) is 18.1 Å². The number of rotatable bonds is 3. The third kappa shape index (κ3) is 2.08. The summed E-state index contributed by atoms with van der Waals surface area (Å²) in [6, 6.07) is 8.15. The van der Waals surface area contributed by atoms with Crippen LogP contribution >= 0.6 is 0 Å². The van der Waals surface area contributed by atoms with Gasteiger partial charge < -0.3 is 15.4 Å². The summed E-state index contributed by atoms with van der Waals surface area (Å²) in [6.07, 6.45) is 1.90. The normalized spacial score (nSPS) is 30.1. The lowest BCUT2D eigenvalue weighted by atomic mass is 9.64. The van der Waals surface area contributed by atoms with E-state index in [-0.39, 0.29) is 29.5 Å². The number of carbonyl (C=O) groups excluding carboxylic acids is 1. The number of hydrogen-bond acceptors (Lipinski definition) is 3. The average Bonchev–Trinajstić information content (AvgIpc) is 2.86. The van der Waals surface area contributed by atoms with E-state index in [9.17, 15) is 4.79 Å². The van der Waals surface area contributed by atoms with Gasteiger partial charge in [-0.3, -0.25) is 4.79 Å². The summed E-state index contributed by atoms with van der Waals surface area (Å²) in [6.45, 7) is 4.29. The summed E-state index contributed by atoms with van der Waals surface area (Å²) in [4.78, 5) is 12.4. The van der Waals surface area contributed by atoms with Gasteiger partial charge in [0.05, 0.1) is 6.10 Å². The smallest absolute Gasteiger partial charge is 0.243 e. The maximum absolute atomic E-state index is 12.4. The van der Waals surface area contributed by atoms with E-state index in [4.69, 9.17) is 4.74 Å². The SMILES string of the molecule is COC1CC(NC(=O)[C@@H]2Cc3ccccc3N2)C1(C)C. The van der Waals surface area contributed by atoms with E-state index >= 15 is 0 Å². The van der Waals surface area contributed by atoms with Crippen LogP contribution in [0.2, 0.25) is 0 Å². The molecule has 108 valence electrons. The van der Waals surface area contributed by atoms with Gasteiger partial charge in [0.25, 0.3) is 0 Å². The van der Waals surface area contributed by atoms with E-state index in [0.717, 1.165) is 18.5 Å². The van der Waals surface area contributed by atoms with Gasteiger partial charge in [-0.2, -0.15) is 0 Å². The second-order valence-electron chi connectivity index (χ2n) is 6.40. The zero-order chi connectivity index (χ0) is 14.3. The molecule has 2 N–H and O–H groups in total. The van der Waals surface area contributed by atoms with Gasteiger partial charge in [-0.25, -0.2) is 0 Å². The van der Waals surface area contributed by atoms with Crippen molar-refractivity contribution in [3.8, 4) is 0 Å². The van der Waals surface area contributed by atoms with Crippen LogP contribution < -0.4 is 10.6 Å². The summed E-state index contributed by atoms with van der Waals surface area (Å²) >= 11 is 0. The quantitative estimate of drug-likeness (QED) is 0.886. The Hall–Kier alpha value is -1.55. The molecular formula is C16H22N2O2. The molecule has 1 heterocycles. The summed E-state index contributed by atoms with van der Waals surface area (Å²) in [5.74, 6) is 0.0915. The van der Waals surface area contributed by atoms with Gasteiger partial charge in [0.15, 0.2) is 0 Å². The van der Waals surface area contributed by atoms with Gasteiger partial charge >= 0.3 is 0 Å². The Morgan fingerprint density at radius 1 is 1.40 bits per heavy atom. The first-order valence-electron chi connectivity index (χ1n) is 7.20. The van der Waals surface area contributed by atoms with Crippen molar-refractivity contribution in [2.24, 2.45) is 5.41 Å². The third-order valence-corrected chi connectivity index (χ3v) is 4.87. The molecule has 2 aliphatic rings. The predicted molar refractivity (Wildman–Crippen MR) is 78.7 cm³/mol. The zero-order valence-corrected chi connectivity index (χ0v) is 12.3. The van der Waals surface area contributed by atoms with Crippen LogP contribution in [0.1, 0.15) is 25.8 Å². The number of hydrogen-bond donors (Lipinski definition) is 2. The van der Waals surface area contributed by atoms with E-state index in [2.05, 4.69) is 30.5 Å². The Morgan fingerprint density at radius 3 is 2.80 bits per heavy atom. The standard InChI is InChI=1S/C16H22N2O2/c1-16(2)13(9-14(16)20-3)18-15(19)12-8-10-6-4-5-7-11(10)17-12/h4-7,12-14,17H,8-9H2,1-3H3,(H,18,19)/t12-,13?,14?/m0/s1. The van der Waals surface area contributed by atoms with Crippen molar-refractivity contribution in [3.63, 3.8) is 0 Å². The van der Waals surface area contributed by atoms with E-state index in [1.165, 1.54) is 5.56 Å². The second kappa shape index (κ2) is 4.77. The number of para-hydroxylation sites is 1. The number of amides is 1. The van der Waals surface area contributed by atoms with Gasteiger partial charge in [0.1, 0.15) is 6.04 Å². The van der Waals surface area contributed by atoms with Crippen molar-refractivity contribution in [1.82, 2.24) is 5.32 Å². The number of carbonyl (C=O) groups is 1. The molecule has 3 atom stereocenters. The van der Waals surface area contributed by atoms with Gasteiger partial charge in [0.2, 0.25) is 5.91 Å². The van der Waals surface area contributed by atoms with Crippen molar-refractivity contribution in [1.29, 1.82) is 0 Å². The lowest BCUT2D eigenvalue weighted by Crippen LogP contribution is -2.63. The Kier molecular flexibility index (Phi) is 3.21. The highest BCUT2D eigenvalue weighted by molar-refractivity contribution is 5.87. The molecule has 1 aromatic carbocycles. The molecule has 0 spiro atoms. The molecule has 1 aliphatic heterocycles. The van der Waals surface area contributed by atoms with Crippen LogP contribution in [-0.4, -0.2) is 31.2 Å². The monoisotopic (exact) mass is 274 g/mol. The zero-order valence-electron chi connectivity index (χ0n) is 12.3. The molecular weight excluding hydrogens is 252 g/mol. The Labute approximate surface area is 119 Å². The molecule has 3 rings (SSSR count). The van der Waals surface area contributed by atoms with E-state index in [1.54, 1.807) is 7.11 Å². The average molecular weight is 274 g/mol. The van der Waals surface area contributed by atoms with Crippen LogP contribution in [0.25, 0.3) is 0 Å². The highest BCUT2D eigenvalue weighted by atomic mass is 16.5. The highest BCUT2D eigenvalue weighted by Crippen LogP contribution is 2.42. The summed E-state index contributed by atoms with van der Waals surface area (Å²) in [7, 11) is 1.74.